The summed E-state index contributed by atoms with van der Waals surface area (Å²) in [5.74, 6) is 0.373. The zero-order valence-electron chi connectivity index (χ0n) is 15.4. The maximum atomic E-state index is 13.1. The molecule has 2 aliphatic heterocycles. The summed E-state index contributed by atoms with van der Waals surface area (Å²) in [6.07, 6.45) is 0.770. The minimum absolute atomic E-state index is 0.299. The van der Waals surface area contributed by atoms with Gasteiger partial charge in [-0.2, -0.15) is 0 Å². The van der Waals surface area contributed by atoms with E-state index >= 15 is 0 Å². The lowest BCUT2D eigenvalue weighted by Gasteiger charge is -2.23. The number of fused-ring (bicyclic) bond motifs is 1. The van der Waals surface area contributed by atoms with Crippen LogP contribution in [0.15, 0.2) is 48.5 Å². The lowest BCUT2D eigenvalue weighted by atomic mass is 9.91. The first-order chi connectivity index (χ1) is 13.5. The summed E-state index contributed by atoms with van der Waals surface area (Å²) < 4.78 is 11.3. The summed E-state index contributed by atoms with van der Waals surface area (Å²) >= 11 is 0. The Morgan fingerprint density at radius 3 is 2.54 bits per heavy atom. The average molecular weight is 380 g/mol. The number of hydrogen-bond donors (Lipinski definition) is 1. The van der Waals surface area contributed by atoms with Gasteiger partial charge in [0.15, 0.2) is 17.3 Å². The molecule has 0 spiro atoms. The predicted octanol–water partition coefficient (Wildman–Crippen LogP) is 2.50. The molecule has 2 heterocycles. The number of amides is 3. The van der Waals surface area contributed by atoms with E-state index in [0.29, 0.717) is 35.8 Å². The summed E-state index contributed by atoms with van der Waals surface area (Å²) in [7, 11) is 0. The molecule has 0 saturated carbocycles. The Hall–Kier alpha value is -3.35. The van der Waals surface area contributed by atoms with E-state index in [1.807, 2.05) is 0 Å². The van der Waals surface area contributed by atoms with Gasteiger partial charge in [-0.15, -0.1) is 0 Å². The van der Waals surface area contributed by atoms with Gasteiger partial charge in [-0.3, -0.25) is 14.5 Å². The van der Waals surface area contributed by atoms with E-state index in [1.54, 1.807) is 55.5 Å². The second-order valence-corrected chi connectivity index (χ2v) is 6.95. The summed E-state index contributed by atoms with van der Waals surface area (Å²) in [6.45, 7) is 2.40. The number of ketones is 1. The molecule has 0 radical (unpaired) electrons. The van der Waals surface area contributed by atoms with Crippen molar-refractivity contribution >= 4 is 17.7 Å². The number of nitrogens with zero attached hydrogens (tertiary/aromatic N) is 1. The van der Waals surface area contributed by atoms with Gasteiger partial charge in [0, 0.05) is 12.0 Å². The van der Waals surface area contributed by atoms with Gasteiger partial charge in [0.05, 0.1) is 19.8 Å². The normalized spacial score (nSPS) is 21.2. The zero-order valence-corrected chi connectivity index (χ0v) is 15.4. The molecule has 2 aromatic rings. The van der Waals surface area contributed by atoms with Crippen LogP contribution < -0.4 is 14.8 Å². The van der Waals surface area contributed by atoms with Gasteiger partial charge < -0.3 is 14.8 Å². The molecule has 2 aromatic carbocycles. The summed E-state index contributed by atoms with van der Waals surface area (Å²) in [5, 5.41) is 2.71. The van der Waals surface area contributed by atoms with Crippen molar-refractivity contribution in [2.24, 2.45) is 0 Å². The maximum absolute atomic E-state index is 13.1. The number of ether oxygens (including phenoxy) is 2. The average Bonchev–Trinajstić information content (AvgIpc) is 2.88. The van der Waals surface area contributed by atoms with Crippen LogP contribution in [0.1, 0.15) is 29.3 Å². The molecule has 1 N–H and O–H groups in total. The van der Waals surface area contributed by atoms with E-state index in [9.17, 15) is 14.4 Å². The molecule has 0 bridgehead atoms. The molecule has 1 atom stereocenters. The highest BCUT2D eigenvalue weighted by Crippen LogP contribution is 2.36. The first kappa shape index (κ1) is 18.0. The first-order valence-electron chi connectivity index (χ1n) is 9.11. The van der Waals surface area contributed by atoms with E-state index < -0.39 is 17.5 Å². The fourth-order valence-corrected chi connectivity index (χ4v) is 3.37. The molecule has 1 fully saturated rings. The second kappa shape index (κ2) is 6.99. The molecule has 0 aromatic heterocycles. The third-order valence-electron chi connectivity index (χ3n) is 5.00. The van der Waals surface area contributed by atoms with Crippen LogP contribution in [-0.2, 0) is 10.3 Å². The smallest absolute Gasteiger partial charge is 0.325 e. The predicted molar refractivity (Wildman–Crippen MR) is 100 cm³/mol. The number of urea groups is 1. The van der Waals surface area contributed by atoms with Crippen molar-refractivity contribution in [2.75, 3.05) is 19.8 Å². The lowest BCUT2D eigenvalue weighted by Crippen LogP contribution is -2.41. The van der Waals surface area contributed by atoms with E-state index in [0.717, 1.165) is 11.3 Å². The molecule has 2 aliphatic rings. The zero-order chi connectivity index (χ0) is 19.7. The van der Waals surface area contributed by atoms with Gasteiger partial charge in [0.25, 0.3) is 5.91 Å². The van der Waals surface area contributed by atoms with Crippen molar-refractivity contribution in [3.05, 3.63) is 59.7 Å². The highest BCUT2D eigenvalue weighted by atomic mass is 16.5. The summed E-state index contributed by atoms with van der Waals surface area (Å²) in [5.41, 5.74) is -0.254. The Morgan fingerprint density at radius 1 is 1.07 bits per heavy atom. The van der Waals surface area contributed by atoms with Crippen LogP contribution in [0.25, 0.3) is 0 Å². The molecule has 7 nitrogen and oxygen atoms in total. The van der Waals surface area contributed by atoms with E-state index in [2.05, 4.69) is 5.32 Å². The van der Waals surface area contributed by atoms with Crippen molar-refractivity contribution in [1.82, 2.24) is 10.2 Å². The lowest BCUT2D eigenvalue weighted by molar-refractivity contribution is -0.130. The van der Waals surface area contributed by atoms with Crippen LogP contribution in [0.4, 0.5) is 4.79 Å². The van der Waals surface area contributed by atoms with Crippen molar-refractivity contribution in [3.8, 4) is 11.5 Å². The van der Waals surface area contributed by atoms with Crippen LogP contribution >= 0.6 is 0 Å². The number of imide groups is 1. The monoisotopic (exact) mass is 380 g/mol. The third kappa shape index (κ3) is 3.09. The molecule has 1 saturated heterocycles. The molecule has 28 heavy (non-hydrogen) atoms. The Labute approximate surface area is 162 Å². The Kier molecular flexibility index (Phi) is 4.50. The minimum Gasteiger partial charge on any atom is -0.490 e. The number of rotatable bonds is 4. The molecule has 7 heteroatoms. The van der Waals surface area contributed by atoms with Gasteiger partial charge in [-0.1, -0.05) is 36.4 Å². The SMILES string of the molecule is C[C@@]1(c2ccc3c(c2)OCCCO3)NC(=O)N(CC(=O)c2ccccc2)C1=O. The van der Waals surface area contributed by atoms with E-state index in [1.165, 1.54) is 0 Å². The largest absolute Gasteiger partial charge is 0.490 e. The number of carbonyl (C=O) groups excluding carboxylic acids is 3. The van der Waals surface area contributed by atoms with Crippen LogP contribution in [-0.4, -0.2) is 42.4 Å². The van der Waals surface area contributed by atoms with Crippen LogP contribution in [0, 0.1) is 0 Å². The van der Waals surface area contributed by atoms with Crippen molar-refractivity contribution in [2.45, 2.75) is 18.9 Å². The van der Waals surface area contributed by atoms with Gasteiger partial charge in [0.1, 0.15) is 5.54 Å². The van der Waals surface area contributed by atoms with Gasteiger partial charge in [0.2, 0.25) is 0 Å². The quantitative estimate of drug-likeness (QED) is 0.651. The van der Waals surface area contributed by atoms with Crippen molar-refractivity contribution in [1.29, 1.82) is 0 Å². The molecule has 0 aliphatic carbocycles. The third-order valence-corrected chi connectivity index (χ3v) is 5.00. The molecular weight excluding hydrogens is 360 g/mol. The standard InChI is InChI=1S/C21H20N2O5/c1-21(15-8-9-17-18(12-15)28-11-5-10-27-17)19(25)23(20(26)22-21)13-16(24)14-6-3-2-4-7-14/h2-4,6-9,12H,5,10-11,13H2,1H3,(H,22,26)/t21-/m0/s1. The van der Waals surface area contributed by atoms with Crippen LogP contribution in [0.5, 0.6) is 11.5 Å². The molecule has 0 unspecified atom stereocenters. The van der Waals surface area contributed by atoms with Crippen LogP contribution in [0.3, 0.4) is 0 Å². The minimum atomic E-state index is -1.28. The molecule has 4 rings (SSSR count). The number of benzene rings is 2. The number of hydrogen-bond acceptors (Lipinski definition) is 5. The first-order valence-corrected chi connectivity index (χ1v) is 9.11. The van der Waals surface area contributed by atoms with Gasteiger partial charge in [-0.05, 0) is 24.6 Å². The van der Waals surface area contributed by atoms with E-state index in [4.69, 9.17) is 9.47 Å². The fraction of sp³-hybridized carbons (Fsp3) is 0.286. The Morgan fingerprint density at radius 2 is 1.79 bits per heavy atom. The summed E-state index contributed by atoms with van der Waals surface area (Å²) in [4.78, 5) is 38.9. The van der Waals surface area contributed by atoms with Crippen molar-refractivity contribution in [3.63, 3.8) is 0 Å². The van der Waals surface area contributed by atoms with Gasteiger partial charge in [-0.25, -0.2) is 4.79 Å². The molecule has 3 amide bonds. The van der Waals surface area contributed by atoms with Gasteiger partial charge >= 0.3 is 6.03 Å². The van der Waals surface area contributed by atoms with Crippen molar-refractivity contribution < 1.29 is 23.9 Å². The molecule has 144 valence electrons. The number of carbonyl (C=O) groups is 3. The number of nitrogens with one attached hydrogen (secondary N) is 1. The van der Waals surface area contributed by atoms with E-state index in [-0.39, 0.29) is 12.3 Å². The summed E-state index contributed by atoms with van der Waals surface area (Å²) in [6, 6.07) is 13.2. The Bertz CT molecular complexity index is 943. The topological polar surface area (TPSA) is 84.9 Å². The molecular formula is C21H20N2O5. The highest BCUT2D eigenvalue weighted by molar-refractivity contribution is 6.11. The van der Waals surface area contributed by atoms with Crippen LogP contribution in [0.2, 0.25) is 0 Å². The number of Topliss-reactive ketones (excluding diaryl/α,β-unsaturated/α-hetero) is 1. The Balaban J connectivity index is 1.59. The second-order valence-electron chi connectivity index (χ2n) is 6.95. The highest BCUT2D eigenvalue weighted by Gasteiger charge is 2.49. The maximum Gasteiger partial charge on any atom is 0.325 e. The fourth-order valence-electron chi connectivity index (χ4n) is 3.37.